The quantitative estimate of drug-likeness (QED) is 0.623. The Balaban J connectivity index is 2.27. The van der Waals surface area contributed by atoms with Gasteiger partial charge in [0.15, 0.2) is 0 Å². The van der Waals surface area contributed by atoms with Crippen molar-refractivity contribution in [2.24, 2.45) is 0 Å². The summed E-state index contributed by atoms with van der Waals surface area (Å²) in [5, 5.41) is 0. The van der Waals surface area contributed by atoms with E-state index in [2.05, 4.69) is 0 Å². The molecule has 0 N–H and O–H groups in total. The van der Waals surface area contributed by atoms with Crippen LogP contribution in [-0.4, -0.2) is 15.0 Å². The molecule has 0 radical (unpaired) electrons. The van der Waals surface area contributed by atoms with E-state index in [1.54, 1.807) is 31.2 Å². The average Bonchev–Trinajstić information content (AvgIpc) is 2.47. The highest BCUT2D eigenvalue weighted by atomic mass is 35.5. The third-order valence-electron chi connectivity index (χ3n) is 2.86. The van der Waals surface area contributed by atoms with Gasteiger partial charge in [-0.3, -0.25) is 4.18 Å². The monoisotopic (exact) mass is 310 g/mol. The van der Waals surface area contributed by atoms with Gasteiger partial charge in [-0.2, -0.15) is 8.42 Å². The van der Waals surface area contributed by atoms with Gasteiger partial charge >= 0.3 is 0 Å². The molecule has 0 saturated carbocycles. The highest BCUT2D eigenvalue weighted by molar-refractivity contribution is 7.86. The Morgan fingerprint density at radius 1 is 0.950 bits per heavy atom. The summed E-state index contributed by atoms with van der Waals surface area (Å²) >= 11 is 5.75. The molecule has 0 atom stereocenters. The summed E-state index contributed by atoms with van der Waals surface area (Å²) in [7, 11) is -3.64. The molecule has 0 bridgehead atoms. The minimum absolute atomic E-state index is 0.129. The zero-order valence-corrected chi connectivity index (χ0v) is 12.6. The molecular formula is C15H15ClO3S. The van der Waals surface area contributed by atoms with Crippen molar-refractivity contribution in [1.82, 2.24) is 0 Å². The van der Waals surface area contributed by atoms with Crippen LogP contribution in [0.1, 0.15) is 12.5 Å². The maximum atomic E-state index is 11.7. The van der Waals surface area contributed by atoms with Gasteiger partial charge in [-0.05, 0) is 35.7 Å². The van der Waals surface area contributed by atoms with E-state index in [1.807, 2.05) is 24.3 Å². The van der Waals surface area contributed by atoms with E-state index < -0.39 is 10.1 Å². The fraction of sp³-hybridized carbons (Fsp3) is 0.200. The number of benzene rings is 2. The second-order valence-corrected chi connectivity index (χ2v) is 6.10. The van der Waals surface area contributed by atoms with Crippen LogP contribution in [0.3, 0.4) is 0 Å². The van der Waals surface area contributed by atoms with Crippen LogP contribution in [-0.2, 0) is 20.2 Å². The van der Waals surface area contributed by atoms with Crippen LogP contribution in [0.15, 0.2) is 53.4 Å². The molecule has 0 heterocycles. The molecule has 20 heavy (non-hydrogen) atoms. The molecule has 0 aliphatic heterocycles. The fourth-order valence-electron chi connectivity index (χ4n) is 1.82. The highest BCUT2D eigenvalue weighted by Crippen LogP contribution is 2.23. The van der Waals surface area contributed by atoms with Gasteiger partial charge in [-0.25, -0.2) is 0 Å². The van der Waals surface area contributed by atoms with Crippen molar-refractivity contribution in [1.29, 1.82) is 0 Å². The normalized spacial score (nSPS) is 11.5. The summed E-state index contributed by atoms with van der Waals surface area (Å²) in [4.78, 5) is 0.167. The summed E-state index contributed by atoms with van der Waals surface area (Å²) in [5.41, 5.74) is 3.01. The lowest BCUT2D eigenvalue weighted by Gasteiger charge is -2.06. The van der Waals surface area contributed by atoms with Gasteiger partial charge in [0.1, 0.15) is 0 Å². The Bertz CT molecular complexity index is 661. The zero-order valence-electron chi connectivity index (χ0n) is 11.0. The van der Waals surface area contributed by atoms with E-state index in [-0.39, 0.29) is 11.5 Å². The first-order valence-electron chi connectivity index (χ1n) is 6.21. The molecule has 0 unspecified atom stereocenters. The van der Waals surface area contributed by atoms with Gasteiger partial charge < -0.3 is 0 Å². The third-order valence-corrected chi connectivity index (χ3v) is 4.56. The minimum Gasteiger partial charge on any atom is -0.267 e. The zero-order chi connectivity index (χ0) is 14.6. The predicted octanol–water partition coefficient (Wildman–Crippen LogP) is 3.82. The van der Waals surface area contributed by atoms with Crippen LogP contribution in [0, 0.1) is 0 Å². The maximum absolute atomic E-state index is 11.7. The van der Waals surface area contributed by atoms with Crippen LogP contribution in [0.4, 0.5) is 0 Å². The first kappa shape index (κ1) is 15.0. The first-order chi connectivity index (χ1) is 9.56. The topological polar surface area (TPSA) is 43.4 Å². The Kier molecular flexibility index (Phi) is 4.81. The van der Waals surface area contributed by atoms with Crippen LogP contribution < -0.4 is 0 Å². The number of hydrogen-bond acceptors (Lipinski definition) is 3. The van der Waals surface area contributed by atoms with E-state index >= 15 is 0 Å². The Morgan fingerprint density at radius 2 is 1.45 bits per heavy atom. The largest absolute Gasteiger partial charge is 0.296 e. The highest BCUT2D eigenvalue weighted by Gasteiger charge is 2.13. The predicted molar refractivity (Wildman–Crippen MR) is 80.2 cm³/mol. The third kappa shape index (κ3) is 3.39. The van der Waals surface area contributed by atoms with Crippen LogP contribution in [0.2, 0.25) is 0 Å². The van der Waals surface area contributed by atoms with Crippen molar-refractivity contribution in [2.45, 2.75) is 17.7 Å². The van der Waals surface area contributed by atoms with Crippen LogP contribution in [0.25, 0.3) is 11.1 Å². The number of halogens is 1. The molecule has 106 valence electrons. The Hall–Kier alpha value is -1.36. The van der Waals surface area contributed by atoms with E-state index in [0.717, 1.165) is 16.7 Å². The molecule has 2 aromatic rings. The smallest absolute Gasteiger partial charge is 0.267 e. The summed E-state index contributed by atoms with van der Waals surface area (Å²) in [6.07, 6.45) is 0. The second kappa shape index (κ2) is 6.39. The molecule has 0 saturated heterocycles. The van der Waals surface area contributed by atoms with E-state index in [1.165, 1.54) is 0 Å². The van der Waals surface area contributed by atoms with Crippen molar-refractivity contribution in [3.63, 3.8) is 0 Å². The van der Waals surface area contributed by atoms with Gasteiger partial charge in [0.2, 0.25) is 0 Å². The molecule has 0 aromatic heterocycles. The maximum Gasteiger partial charge on any atom is 0.296 e. The molecule has 5 heteroatoms. The lowest BCUT2D eigenvalue weighted by atomic mass is 10.0. The summed E-state index contributed by atoms with van der Waals surface area (Å²) in [6, 6.07) is 14.5. The lowest BCUT2D eigenvalue weighted by Crippen LogP contribution is -2.05. The van der Waals surface area contributed by atoms with Gasteiger partial charge in [-0.15, -0.1) is 11.6 Å². The van der Waals surface area contributed by atoms with E-state index in [0.29, 0.717) is 5.88 Å². The molecular weight excluding hydrogens is 296 g/mol. The molecule has 0 aliphatic rings. The summed E-state index contributed by atoms with van der Waals surface area (Å²) < 4.78 is 28.2. The Morgan fingerprint density at radius 3 is 1.90 bits per heavy atom. The minimum atomic E-state index is -3.64. The van der Waals surface area contributed by atoms with E-state index in [9.17, 15) is 8.42 Å². The van der Waals surface area contributed by atoms with Crippen molar-refractivity contribution < 1.29 is 12.6 Å². The van der Waals surface area contributed by atoms with Gasteiger partial charge in [0.25, 0.3) is 10.1 Å². The molecule has 0 aliphatic carbocycles. The SMILES string of the molecule is CCOS(=O)(=O)c1ccc(-c2ccc(CCl)cc2)cc1. The Labute approximate surface area is 124 Å². The van der Waals surface area contributed by atoms with Crippen LogP contribution in [0.5, 0.6) is 0 Å². The molecule has 0 amide bonds. The van der Waals surface area contributed by atoms with E-state index in [4.69, 9.17) is 15.8 Å². The first-order valence-corrected chi connectivity index (χ1v) is 8.16. The number of alkyl halides is 1. The van der Waals surface area contributed by atoms with Gasteiger partial charge in [-0.1, -0.05) is 36.4 Å². The molecule has 0 spiro atoms. The van der Waals surface area contributed by atoms with Crippen molar-refractivity contribution >= 4 is 21.7 Å². The molecule has 2 aromatic carbocycles. The lowest BCUT2D eigenvalue weighted by molar-refractivity contribution is 0.338. The van der Waals surface area contributed by atoms with Crippen molar-refractivity contribution in [3.05, 3.63) is 54.1 Å². The summed E-state index contributed by atoms with van der Waals surface area (Å²) in [6.45, 7) is 1.77. The molecule has 0 fully saturated rings. The van der Waals surface area contributed by atoms with Crippen molar-refractivity contribution in [3.8, 4) is 11.1 Å². The number of hydrogen-bond donors (Lipinski definition) is 0. The van der Waals surface area contributed by atoms with Gasteiger partial charge in [0.05, 0.1) is 11.5 Å². The van der Waals surface area contributed by atoms with Gasteiger partial charge in [0, 0.05) is 5.88 Å². The fourth-order valence-corrected chi connectivity index (χ4v) is 2.92. The molecule has 2 rings (SSSR count). The second-order valence-electron chi connectivity index (χ2n) is 4.22. The molecule has 3 nitrogen and oxygen atoms in total. The number of rotatable bonds is 5. The van der Waals surface area contributed by atoms with Crippen molar-refractivity contribution in [2.75, 3.05) is 6.61 Å². The van der Waals surface area contributed by atoms with Crippen LogP contribution >= 0.6 is 11.6 Å². The summed E-state index contributed by atoms with van der Waals surface area (Å²) in [5.74, 6) is 0.478. The average molecular weight is 311 g/mol. The standard InChI is InChI=1S/C15H15ClO3S/c1-2-19-20(17,18)15-9-7-14(8-10-15)13-5-3-12(11-16)4-6-13/h3-10H,2,11H2,1H3.